The van der Waals surface area contributed by atoms with Crippen molar-refractivity contribution in [2.45, 2.75) is 25.8 Å². The summed E-state index contributed by atoms with van der Waals surface area (Å²) in [6.45, 7) is 3.74. The van der Waals surface area contributed by atoms with Gasteiger partial charge in [-0.2, -0.15) is 0 Å². The third-order valence-electron chi connectivity index (χ3n) is 5.39. The number of fused-ring (bicyclic) bond motifs is 2. The van der Waals surface area contributed by atoms with Gasteiger partial charge in [0.2, 0.25) is 0 Å². The number of halogens is 1. The van der Waals surface area contributed by atoms with E-state index in [1.165, 1.54) is 25.3 Å². The topological polar surface area (TPSA) is 46.6 Å². The van der Waals surface area contributed by atoms with Crippen LogP contribution in [0.4, 0.5) is 4.39 Å². The lowest BCUT2D eigenvalue weighted by Gasteiger charge is -2.26. The van der Waals surface area contributed by atoms with Crippen LogP contribution in [0.3, 0.4) is 0 Å². The summed E-state index contributed by atoms with van der Waals surface area (Å²) in [6, 6.07) is 3.16. The highest BCUT2D eigenvalue weighted by Gasteiger charge is 2.48. The lowest BCUT2D eigenvalue weighted by molar-refractivity contribution is 0.244. The summed E-state index contributed by atoms with van der Waals surface area (Å²) >= 11 is 0. The maximum atomic E-state index is 13.7. The number of pyridine rings is 1. The van der Waals surface area contributed by atoms with Crippen LogP contribution in [0.25, 0.3) is 5.65 Å². The summed E-state index contributed by atoms with van der Waals surface area (Å²) in [7, 11) is 0. The summed E-state index contributed by atoms with van der Waals surface area (Å²) in [5.74, 6) is 0.469. The normalized spacial score (nSPS) is 29.3. The Morgan fingerprint density at radius 2 is 2.38 bits per heavy atom. The average molecular weight is 288 g/mol. The number of aromatic nitrogens is 2. The van der Waals surface area contributed by atoms with Crippen LogP contribution >= 0.6 is 0 Å². The molecule has 2 aromatic heterocycles. The van der Waals surface area contributed by atoms with E-state index in [0.717, 1.165) is 37.8 Å². The molecule has 4 nitrogen and oxygen atoms in total. The smallest absolute Gasteiger partial charge is 0.173 e. The van der Waals surface area contributed by atoms with Crippen molar-refractivity contribution in [1.82, 2.24) is 14.3 Å². The Morgan fingerprint density at radius 1 is 1.48 bits per heavy atom. The molecule has 2 aromatic rings. The van der Waals surface area contributed by atoms with Crippen molar-refractivity contribution < 1.29 is 4.39 Å². The van der Waals surface area contributed by atoms with Gasteiger partial charge in [-0.25, -0.2) is 9.37 Å². The predicted molar refractivity (Wildman–Crippen MR) is 79.3 cm³/mol. The fourth-order valence-corrected chi connectivity index (χ4v) is 4.31. The minimum Gasteiger partial charge on any atom is -0.330 e. The molecule has 2 N–H and O–H groups in total. The molecule has 2 aliphatic rings. The van der Waals surface area contributed by atoms with Gasteiger partial charge >= 0.3 is 0 Å². The summed E-state index contributed by atoms with van der Waals surface area (Å²) in [6.07, 6.45) is 7.64. The van der Waals surface area contributed by atoms with E-state index in [2.05, 4.69) is 9.88 Å². The van der Waals surface area contributed by atoms with E-state index >= 15 is 0 Å². The van der Waals surface area contributed by atoms with E-state index in [1.54, 1.807) is 10.5 Å². The number of imidazole rings is 1. The van der Waals surface area contributed by atoms with Crippen LogP contribution in [0.1, 0.15) is 25.0 Å². The van der Waals surface area contributed by atoms with Crippen molar-refractivity contribution in [3.05, 3.63) is 36.0 Å². The monoisotopic (exact) mass is 288 g/mol. The molecule has 5 heteroatoms. The number of rotatable bonds is 3. The van der Waals surface area contributed by atoms with Crippen LogP contribution in [0, 0.1) is 17.2 Å². The summed E-state index contributed by atoms with van der Waals surface area (Å²) in [5.41, 5.74) is 7.73. The minimum absolute atomic E-state index is 0.263. The molecule has 2 fully saturated rings. The van der Waals surface area contributed by atoms with Gasteiger partial charge in [0, 0.05) is 32.0 Å². The molecule has 1 saturated carbocycles. The van der Waals surface area contributed by atoms with E-state index in [1.807, 2.05) is 12.4 Å². The fraction of sp³-hybridized carbons (Fsp3) is 0.562. The largest absolute Gasteiger partial charge is 0.330 e. The number of hydrogen-bond donors (Lipinski definition) is 1. The van der Waals surface area contributed by atoms with Gasteiger partial charge in [-0.3, -0.25) is 4.90 Å². The van der Waals surface area contributed by atoms with Crippen LogP contribution in [-0.4, -0.2) is 33.9 Å². The van der Waals surface area contributed by atoms with Crippen LogP contribution in [0.5, 0.6) is 0 Å². The molecule has 0 radical (unpaired) electrons. The van der Waals surface area contributed by atoms with Gasteiger partial charge in [-0.1, -0.05) is 6.42 Å². The first-order valence-corrected chi connectivity index (χ1v) is 7.75. The highest BCUT2D eigenvalue weighted by molar-refractivity contribution is 5.41. The third kappa shape index (κ3) is 2.07. The van der Waals surface area contributed by atoms with Gasteiger partial charge < -0.3 is 10.1 Å². The van der Waals surface area contributed by atoms with Crippen molar-refractivity contribution in [3.63, 3.8) is 0 Å². The van der Waals surface area contributed by atoms with E-state index in [-0.39, 0.29) is 5.82 Å². The lowest BCUT2D eigenvalue weighted by Crippen LogP contribution is -2.35. The van der Waals surface area contributed by atoms with Crippen LogP contribution < -0.4 is 5.73 Å². The molecule has 2 atom stereocenters. The summed E-state index contributed by atoms with van der Waals surface area (Å²) in [5, 5.41) is 0. The Hall–Kier alpha value is -1.46. The van der Waals surface area contributed by atoms with Crippen molar-refractivity contribution in [3.8, 4) is 0 Å². The molecule has 112 valence electrons. The van der Waals surface area contributed by atoms with Crippen molar-refractivity contribution in [1.29, 1.82) is 0 Å². The van der Waals surface area contributed by atoms with Gasteiger partial charge in [0.15, 0.2) is 11.5 Å². The zero-order valence-electron chi connectivity index (χ0n) is 12.1. The van der Waals surface area contributed by atoms with Gasteiger partial charge in [0.1, 0.15) is 0 Å². The van der Waals surface area contributed by atoms with Gasteiger partial charge in [0.05, 0.1) is 5.69 Å². The molecule has 0 amide bonds. The van der Waals surface area contributed by atoms with Gasteiger partial charge in [0.25, 0.3) is 0 Å². The second kappa shape index (κ2) is 4.78. The molecule has 0 bridgehead atoms. The molecule has 1 aliphatic carbocycles. The van der Waals surface area contributed by atoms with E-state index in [9.17, 15) is 4.39 Å². The average Bonchev–Trinajstić information content (AvgIpc) is 3.11. The zero-order valence-corrected chi connectivity index (χ0v) is 12.1. The van der Waals surface area contributed by atoms with Crippen LogP contribution in [-0.2, 0) is 6.54 Å². The molecule has 0 aromatic carbocycles. The zero-order chi connectivity index (χ0) is 14.4. The number of hydrogen-bond acceptors (Lipinski definition) is 3. The second-order valence-corrected chi connectivity index (χ2v) is 6.64. The Bertz CT molecular complexity index is 667. The molecule has 1 saturated heterocycles. The maximum Gasteiger partial charge on any atom is 0.173 e. The quantitative estimate of drug-likeness (QED) is 0.940. The molecule has 0 unspecified atom stereocenters. The third-order valence-corrected chi connectivity index (χ3v) is 5.39. The summed E-state index contributed by atoms with van der Waals surface area (Å²) in [4.78, 5) is 6.87. The first kappa shape index (κ1) is 13.2. The van der Waals surface area contributed by atoms with Crippen LogP contribution in [0.2, 0.25) is 0 Å². The first-order valence-electron chi connectivity index (χ1n) is 7.75. The van der Waals surface area contributed by atoms with Crippen LogP contribution in [0.15, 0.2) is 24.5 Å². The highest BCUT2D eigenvalue weighted by Crippen LogP contribution is 2.48. The molecule has 21 heavy (non-hydrogen) atoms. The Morgan fingerprint density at radius 3 is 3.14 bits per heavy atom. The van der Waals surface area contributed by atoms with Gasteiger partial charge in [-0.15, -0.1) is 0 Å². The minimum atomic E-state index is -0.263. The second-order valence-electron chi connectivity index (χ2n) is 6.64. The maximum absolute atomic E-state index is 13.7. The standard InChI is InChI=1S/C16H21FN4/c17-14-4-2-6-21-9-13(19-15(14)21)8-20-7-12-3-1-5-16(12,10-18)11-20/h2,4,6,9,12H,1,3,5,7-8,10-11,18H2/t12-,16-/m0/s1. The fourth-order valence-electron chi connectivity index (χ4n) is 4.31. The SMILES string of the molecule is NC[C@]12CCC[C@H]1CN(Cc1cn3cccc(F)c3n1)C2. The van der Waals surface area contributed by atoms with E-state index in [0.29, 0.717) is 11.1 Å². The Labute approximate surface area is 123 Å². The molecular weight excluding hydrogens is 267 g/mol. The molecule has 1 aliphatic heterocycles. The Balaban J connectivity index is 1.55. The highest BCUT2D eigenvalue weighted by atomic mass is 19.1. The number of nitrogens with two attached hydrogens (primary N) is 1. The van der Waals surface area contributed by atoms with E-state index < -0.39 is 0 Å². The van der Waals surface area contributed by atoms with Crippen molar-refractivity contribution in [2.75, 3.05) is 19.6 Å². The van der Waals surface area contributed by atoms with Gasteiger partial charge in [-0.05, 0) is 42.9 Å². The van der Waals surface area contributed by atoms with Crippen molar-refractivity contribution in [2.24, 2.45) is 17.1 Å². The van der Waals surface area contributed by atoms with E-state index in [4.69, 9.17) is 5.73 Å². The molecule has 3 heterocycles. The lowest BCUT2D eigenvalue weighted by atomic mass is 9.81. The predicted octanol–water partition coefficient (Wildman–Crippen LogP) is 2.03. The first-order chi connectivity index (χ1) is 10.2. The molecular formula is C16H21FN4. The number of likely N-dealkylation sites (tertiary alicyclic amines) is 1. The molecule has 0 spiro atoms. The number of nitrogens with zero attached hydrogens (tertiary/aromatic N) is 3. The molecule has 4 rings (SSSR count). The van der Waals surface area contributed by atoms with Crippen molar-refractivity contribution >= 4 is 5.65 Å². The Kier molecular flexibility index (Phi) is 3.01. The summed E-state index contributed by atoms with van der Waals surface area (Å²) < 4.78 is 15.5.